The topological polar surface area (TPSA) is 61.0 Å². The second-order valence-electron chi connectivity index (χ2n) is 2.88. The predicted molar refractivity (Wildman–Crippen MR) is 48.3 cm³/mol. The zero-order valence-corrected chi connectivity index (χ0v) is 7.43. The first-order chi connectivity index (χ1) is 6.11. The highest BCUT2D eigenvalue weighted by Gasteiger charge is 2.12. The van der Waals surface area contributed by atoms with Crippen LogP contribution in [0.3, 0.4) is 0 Å². The summed E-state index contributed by atoms with van der Waals surface area (Å²) in [5.41, 5.74) is 0.991. The fourth-order valence-electron chi connectivity index (χ4n) is 0.950. The molecule has 0 atom stereocenters. The highest BCUT2D eigenvalue weighted by Crippen LogP contribution is 2.10. The Labute approximate surface area is 75.8 Å². The lowest BCUT2D eigenvalue weighted by atomic mass is 10.2. The molecule has 1 aromatic rings. The number of aryl methyl sites for hydroxylation is 1. The van der Waals surface area contributed by atoms with Gasteiger partial charge in [-0.05, 0) is 11.8 Å². The van der Waals surface area contributed by atoms with Crippen molar-refractivity contribution in [2.75, 3.05) is 0 Å². The van der Waals surface area contributed by atoms with Gasteiger partial charge in [0.1, 0.15) is 6.54 Å². The van der Waals surface area contributed by atoms with Crippen LogP contribution in [0.2, 0.25) is 0 Å². The number of nitro groups is 1. The van der Waals surface area contributed by atoms with E-state index in [1.165, 1.54) is 16.9 Å². The number of nitrogens with zero attached hydrogens (tertiary/aromatic N) is 3. The average molecular weight is 181 g/mol. The van der Waals surface area contributed by atoms with Crippen molar-refractivity contribution in [3.05, 3.63) is 34.5 Å². The second-order valence-corrected chi connectivity index (χ2v) is 2.88. The van der Waals surface area contributed by atoms with Crippen molar-refractivity contribution >= 4 is 5.82 Å². The summed E-state index contributed by atoms with van der Waals surface area (Å²) in [7, 11) is 0. The molecule has 0 amide bonds. The molecule has 5 heteroatoms. The molecule has 0 aliphatic heterocycles. The fraction of sp³-hybridized carbons (Fsp3) is 0.375. The van der Waals surface area contributed by atoms with E-state index in [0.717, 1.165) is 5.57 Å². The first kappa shape index (κ1) is 9.44. The smallest absolute Gasteiger partial charge is 0.344 e. The van der Waals surface area contributed by atoms with E-state index in [0.29, 0.717) is 13.0 Å². The Morgan fingerprint density at radius 1 is 1.85 bits per heavy atom. The molecule has 5 nitrogen and oxygen atoms in total. The van der Waals surface area contributed by atoms with Crippen LogP contribution in [0, 0.1) is 10.1 Å². The van der Waals surface area contributed by atoms with E-state index in [-0.39, 0.29) is 5.82 Å². The highest BCUT2D eigenvalue weighted by molar-refractivity contribution is 5.16. The molecule has 1 aromatic heterocycles. The van der Waals surface area contributed by atoms with Gasteiger partial charge in [0.2, 0.25) is 0 Å². The molecule has 0 spiro atoms. The van der Waals surface area contributed by atoms with E-state index in [9.17, 15) is 10.1 Å². The summed E-state index contributed by atoms with van der Waals surface area (Å²) in [4.78, 5) is 10.0. The largest absolute Gasteiger partial charge is 0.358 e. The van der Waals surface area contributed by atoms with Crippen LogP contribution in [0.15, 0.2) is 24.4 Å². The van der Waals surface area contributed by atoms with E-state index >= 15 is 0 Å². The fourth-order valence-corrected chi connectivity index (χ4v) is 0.950. The lowest BCUT2D eigenvalue weighted by molar-refractivity contribution is -0.392. The van der Waals surface area contributed by atoms with Crippen molar-refractivity contribution in [2.24, 2.45) is 0 Å². The summed E-state index contributed by atoms with van der Waals surface area (Å²) in [5.74, 6) is 0.0289. The second kappa shape index (κ2) is 3.84. The maximum absolute atomic E-state index is 10.4. The number of rotatable bonds is 4. The average Bonchev–Trinajstić information content (AvgIpc) is 2.47. The molecule has 0 aliphatic carbocycles. The molecule has 0 saturated carbocycles. The molecule has 0 saturated heterocycles. The van der Waals surface area contributed by atoms with Crippen LogP contribution in [-0.2, 0) is 6.54 Å². The molecule has 1 rings (SSSR count). The molecular weight excluding hydrogens is 170 g/mol. The van der Waals surface area contributed by atoms with Crippen molar-refractivity contribution in [3.63, 3.8) is 0 Å². The number of allylic oxidation sites excluding steroid dienone is 1. The van der Waals surface area contributed by atoms with Gasteiger partial charge >= 0.3 is 5.82 Å². The van der Waals surface area contributed by atoms with Gasteiger partial charge in [0.15, 0.2) is 0 Å². The highest BCUT2D eigenvalue weighted by atomic mass is 16.6. The molecular formula is C8H11N3O2. The van der Waals surface area contributed by atoms with Crippen LogP contribution >= 0.6 is 0 Å². The molecule has 0 aliphatic rings. The van der Waals surface area contributed by atoms with E-state index in [2.05, 4.69) is 11.7 Å². The third kappa shape index (κ3) is 2.40. The summed E-state index contributed by atoms with van der Waals surface area (Å²) >= 11 is 0. The summed E-state index contributed by atoms with van der Waals surface area (Å²) in [6.07, 6.45) is 2.14. The summed E-state index contributed by atoms with van der Waals surface area (Å²) < 4.78 is 1.37. The zero-order chi connectivity index (χ0) is 9.84. The zero-order valence-electron chi connectivity index (χ0n) is 7.43. The number of aromatic nitrogens is 2. The van der Waals surface area contributed by atoms with Gasteiger partial charge in [0.05, 0.1) is 12.3 Å². The van der Waals surface area contributed by atoms with Crippen molar-refractivity contribution < 1.29 is 4.92 Å². The Bertz CT molecular complexity index is 330. The minimum atomic E-state index is -0.439. The van der Waals surface area contributed by atoms with Crippen LogP contribution < -0.4 is 0 Å². The first-order valence-corrected chi connectivity index (χ1v) is 3.92. The Hall–Kier alpha value is -1.65. The van der Waals surface area contributed by atoms with Gasteiger partial charge in [0, 0.05) is 6.42 Å². The molecule has 0 bridgehead atoms. The molecule has 0 aromatic carbocycles. The number of hydrogen-bond acceptors (Lipinski definition) is 3. The third-order valence-corrected chi connectivity index (χ3v) is 1.63. The minimum Gasteiger partial charge on any atom is -0.358 e. The molecule has 0 unspecified atom stereocenters. The van der Waals surface area contributed by atoms with Gasteiger partial charge in [-0.1, -0.05) is 17.3 Å². The van der Waals surface area contributed by atoms with E-state index in [1.54, 1.807) is 0 Å². The Balaban J connectivity index is 2.71. The van der Waals surface area contributed by atoms with Crippen LogP contribution in [0.4, 0.5) is 5.82 Å². The van der Waals surface area contributed by atoms with E-state index in [1.807, 2.05) is 6.92 Å². The van der Waals surface area contributed by atoms with Crippen LogP contribution in [0.25, 0.3) is 0 Å². The maximum atomic E-state index is 10.4. The van der Waals surface area contributed by atoms with Gasteiger partial charge < -0.3 is 10.1 Å². The van der Waals surface area contributed by atoms with E-state index in [4.69, 9.17) is 0 Å². The van der Waals surface area contributed by atoms with Crippen LogP contribution in [0.5, 0.6) is 0 Å². The van der Waals surface area contributed by atoms with Gasteiger partial charge in [0.25, 0.3) is 0 Å². The standard InChI is InChI=1S/C8H11N3O2/c1-7(2)4-6-10-8(11(12)13)3-5-9-10/h3,5H,1,4,6H2,2H3. The third-order valence-electron chi connectivity index (χ3n) is 1.63. The van der Waals surface area contributed by atoms with Gasteiger partial charge in [-0.3, -0.25) is 0 Å². The predicted octanol–water partition coefficient (Wildman–Crippen LogP) is 1.76. The lowest BCUT2D eigenvalue weighted by Gasteiger charge is -1.98. The van der Waals surface area contributed by atoms with Gasteiger partial charge in [-0.15, -0.1) is 4.68 Å². The van der Waals surface area contributed by atoms with Gasteiger partial charge in [-0.25, -0.2) is 0 Å². The van der Waals surface area contributed by atoms with Crippen LogP contribution in [-0.4, -0.2) is 14.7 Å². The molecule has 0 radical (unpaired) electrons. The minimum absolute atomic E-state index is 0.0289. The molecule has 0 fully saturated rings. The maximum Gasteiger partial charge on any atom is 0.344 e. The van der Waals surface area contributed by atoms with Crippen molar-refractivity contribution in [3.8, 4) is 0 Å². The normalized spacial score (nSPS) is 9.92. The lowest BCUT2D eigenvalue weighted by Crippen LogP contribution is -2.04. The Kier molecular flexibility index (Phi) is 2.79. The molecule has 13 heavy (non-hydrogen) atoms. The molecule has 70 valence electrons. The first-order valence-electron chi connectivity index (χ1n) is 3.92. The Morgan fingerprint density at radius 2 is 2.54 bits per heavy atom. The molecule has 1 heterocycles. The van der Waals surface area contributed by atoms with Crippen molar-refractivity contribution in [1.82, 2.24) is 9.78 Å². The Morgan fingerprint density at radius 3 is 3.08 bits per heavy atom. The van der Waals surface area contributed by atoms with Gasteiger partial charge in [-0.2, -0.15) is 0 Å². The summed E-state index contributed by atoms with van der Waals surface area (Å²) in [6, 6.07) is 1.39. The molecule has 0 N–H and O–H groups in total. The monoisotopic (exact) mass is 181 g/mol. The summed E-state index contributed by atoms with van der Waals surface area (Å²) in [5, 5.41) is 14.3. The summed E-state index contributed by atoms with van der Waals surface area (Å²) in [6.45, 7) is 6.11. The SMILES string of the molecule is C=C(C)CCn1nccc1[N+](=O)[O-]. The van der Waals surface area contributed by atoms with Crippen molar-refractivity contribution in [1.29, 1.82) is 0 Å². The van der Waals surface area contributed by atoms with Crippen molar-refractivity contribution in [2.45, 2.75) is 19.9 Å². The van der Waals surface area contributed by atoms with Crippen LogP contribution in [0.1, 0.15) is 13.3 Å². The van der Waals surface area contributed by atoms with E-state index < -0.39 is 4.92 Å². The number of hydrogen-bond donors (Lipinski definition) is 0. The quantitative estimate of drug-likeness (QED) is 0.404.